The minimum absolute atomic E-state index is 0.312. The number of aromatic nitrogens is 2. The van der Waals surface area contributed by atoms with Crippen molar-refractivity contribution >= 4 is 5.91 Å². The van der Waals surface area contributed by atoms with Crippen molar-refractivity contribution in [1.82, 2.24) is 15.1 Å². The number of carbonyl (C=O) groups is 1. The lowest BCUT2D eigenvalue weighted by molar-refractivity contribution is -0.170. The first kappa shape index (κ1) is 12.4. The highest BCUT2D eigenvalue weighted by molar-refractivity contribution is 5.81. The Morgan fingerprint density at radius 2 is 2.15 bits per heavy atom. The van der Waals surface area contributed by atoms with E-state index in [-0.39, 0.29) is 0 Å². The van der Waals surface area contributed by atoms with Gasteiger partial charge in [-0.25, -0.2) is 0 Å². The Morgan fingerprint density at radius 3 is 2.65 bits per heavy atom. The number of hydrogen-bond donors (Lipinski definition) is 1. The van der Waals surface area contributed by atoms with Crippen LogP contribution in [0.2, 0.25) is 0 Å². The average molecular weight is 273 g/mol. The minimum atomic E-state index is 0.312. The molecule has 2 saturated carbocycles. The normalized spacial score (nSPS) is 27.3. The molecule has 0 aromatic carbocycles. The second kappa shape index (κ2) is 4.09. The van der Waals surface area contributed by atoms with Gasteiger partial charge in [0.25, 0.3) is 0 Å². The summed E-state index contributed by atoms with van der Waals surface area (Å²) in [4.78, 5) is 14.8. The molecule has 1 atom stereocenters. The smallest absolute Gasteiger partial charge is 0.227 e. The van der Waals surface area contributed by atoms with Gasteiger partial charge in [-0.1, -0.05) is 6.42 Å². The number of H-pyrrole nitrogens is 1. The molecule has 4 nitrogen and oxygen atoms in total. The number of nitrogens with one attached hydrogen (secondary N) is 1. The van der Waals surface area contributed by atoms with Crippen molar-refractivity contribution in [2.24, 2.45) is 11.3 Å². The van der Waals surface area contributed by atoms with Crippen molar-refractivity contribution in [1.29, 1.82) is 0 Å². The lowest BCUT2D eigenvalue weighted by Crippen LogP contribution is -2.70. The third-order valence-electron chi connectivity index (χ3n) is 5.80. The third kappa shape index (κ3) is 1.66. The van der Waals surface area contributed by atoms with E-state index in [1.807, 2.05) is 13.8 Å². The molecule has 4 heteroatoms. The van der Waals surface area contributed by atoms with E-state index in [0.717, 1.165) is 29.4 Å². The molecule has 1 aliphatic heterocycles. The van der Waals surface area contributed by atoms with E-state index < -0.39 is 0 Å². The first-order valence-corrected chi connectivity index (χ1v) is 7.91. The van der Waals surface area contributed by atoms with E-state index in [1.165, 1.54) is 32.1 Å². The number of rotatable bonds is 3. The van der Waals surface area contributed by atoms with Crippen LogP contribution in [-0.2, 0) is 11.2 Å². The molecule has 0 radical (unpaired) electrons. The summed E-state index contributed by atoms with van der Waals surface area (Å²) in [6.45, 7) is 5.00. The highest BCUT2D eigenvalue weighted by atomic mass is 16.2. The van der Waals surface area contributed by atoms with Gasteiger partial charge in [-0.2, -0.15) is 5.10 Å². The fourth-order valence-electron chi connectivity index (χ4n) is 4.33. The Hall–Kier alpha value is -1.32. The zero-order valence-electron chi connectivity index (χ0n) is 12.4. The maximum absolute atomic E-state index is 12.7. The first-order chi connectivity index (χ1) is 9.61. The van der Waals surface area contributed by atoms with Crippen LogP contribution < -0.4 is 0 Å². The molecule has 108 valence electrons. The quantitative estimate of drug-likeness (QED) is 0.919. The van der Waals surface area contributed by atoms with E-state index >= 15 is 0 Å². The van der Waals surface area contributed by atoms with Crippen molar-refractivity contribution < 1.29 is 4.79 Å². The van der Waals surface area contributed by atoms with Crippen molar-refractivity contribution in [3.05, 3.63) is 17.0 Å². The molecule has 1 aromatic rings. The van der Waals surface area contributed by atoms with Crippen LogP contribution in [0.25, 0.3) is 0 Å². The van der Waals surface area contributed by atoms with Gasteiger partial charge in [-0.15, -0.1) is 0 Å². The lowest BCUT2D eigenvalue weighted by atomic mass is 9.56. The summed E-state index contributed by atoms with van der Waals surface area (Å²) in [6, 6.07) is 0.566. The number of carbonyl (C=O) groups excluding carboxylic acids is 1. The highest BCUT2D eigenvalue weighted by Crippen LogP contribution is 2.59. The van der Waals surface area contributed by atoms with Gasteiger partial charge >= 0.3 is 0 Å². The van der Waals surface area contributed by atoms with E-state index in [9.17, 15) is 4.79 Å². The number of aryl methyl sites for hydroxylation is 2. The van der Waals surface area contributed by atoms with Crippen molar-refractivity contribution in [3.8, 4) is 0 Å². The predicted molar refractivity (Wildman–Crippen MR) is 76.3 cm³/mol. The Labute approximate surface area is 119 Å². The summed E-state index contributed by atoms with van der Waals surface area (Å²) in [7, 11) is 0. The van der Waals surface area contributed by atoms with E-state index in [2.05, 4.69) is 15.1 Å². The number of hydrogen-bond acceptors (Lipinski definition) is 2. The standard InChI is InChI=1S/C16H23N3O/c1-10-13(11(2)18-17-10)8-14(20)19-9-16(6-3-7-16)15(19)12-4-5-12/h12,15H,3-9H2,1-2H3,(H,17,18). The van der Waals surface area contributed by atoms with Crippen LogP contribution in [0.5, 0.6) is 0 Å². The molecule has 4 rings (SSSR count). The Morgan fingerprint density at radius 1 is 1.40 bits per heavy atom. The molecule has 1 saturated heterocycles. The van der Waals surface area contributed by atoms with E-state index in [0.29, 0.717) is 23.8 Å². The molecule has 1 amide bonds. The third-order valence-corrected chi connectivity index (χ3v) is 5.80. The van der Waals surface area contributed by atoms with Crippen molar-refractivity contribution in [3.63, 3.8) is 0 Å². The molecule has 0 bridgehead atoms. The Bertz CT molecular complexity index is 535. The maximum atomic E-state index is 12.7. The highest BCUT2D eigenvalue weighted by Gasteiger charge is 2.61. The number of likely N-dealkylation sites (tertiary alicyclic amines) is 1. The largest absolute Gasteiger partial charge is 0.338 e. The van der Waals surface area contributed by atoms with Crippen LogP contribution in [0.1, 0.15) is 49.1 Å². The van der Waals surface area contributed by atoms with Gasteiger partial charge in [0.1, 0.15) is 0 Å². The second-order valence-corrected chi connectivity index (χ2v) is 7.11. The van der Waals surface area contributed by atoms with E-state index in [1.54, 1.807) is 0 Å². The van der Waals surface area contributed by atoms with Crippen molar-refractivity contribution in [2.75, 3.05) is 6.54 Å². The molecule has 1 aromatic heterocycles. The lowest BCUT2D eigenvalue weighted by Gasteiger charge is -2.63. The molecule has 1 N–H and O–H groups in total. The van der Waals surface area contributed by atoms with Crippen molar-refractivity contribution in [2.45, 2.75) is 58.4 Å². The van der Waals surface area contributed by atoms with Crippen LogP contribution >= 0.6 is 0 Å². The summed E-state index contributed by atoms with van der Waals surface area (Å²) in [5, 5.41) is 7.18. The second-order valence-electron chi connectivity index (χ2n) is 7.11. The fourth-order valence-corrected chi connectivity index (χ4v) is 4.33. The van der Waals surface area contributed by atoms with Gasteiger partial charge in [-0.3, -0.25) is 9.89 Å². The number of nitrogens with zero attached hydrogens (tertiary/aromatic N) is 2. The fraction of sp³-hybridized carbons (Fsp3) is 0.750. The average Bonchev–Trinajstić information content (AvgIpc) is 3.08. The van der Waals surface area contributed by atoms with Gasteiger partial charge in [0.2, 0.25) is 5.91 Å². The summed E-state index contributed by atoms with van der Waals surface area (Å²) >= 11 is 0. The molecule has 2 aliphatic carbocycles. The molecule has 2 heterocycles. The maximum Gasteiger partial charge on any atom is 0.227 e. The predicted octanol–water partition coefficient (Wildman–Crippen LogP) is 2.36. The molecular formula is C16H23N3O. The van der Waals surface area contributed by atoms with Crippen LogP contribution in [0, 0.1) is 25.2 Å². The van der Waals surface area contributed by atoms with Crippen LogP contribution in [-0.4, -0.2) is 33.6 Å². The number of amides is 1. The molecule has 1 unspecified atom stereocenters. The molecule has 1 spiro atoms. The molecular weight excluding hydrogens is 250 g/mol. The summed E-state index contributed by atoms with van der Waals surface area (Å²) in [6.07, 6.45) is 7.25. The Kier molecular flexibility index (Phi) is 2.54. The summed E-state index contributed by atoms with van der Waals surface area (Å²) in [5.74, 6) is 1.12. The molecule has 3 fully saturated rings. The van der Waals surface area contributed by atoms with Gasteiger partial charge in [0.15, 0.2) is 0 Å². The van der Waals surface area contributed by atoms with Gasteiger partial charge in [0, 0.05) is 29.3 Å². The summed E-state index contributed by atoms with van der Waals surface area (Å²) < 4.78 is 0. The Balaban J connectivity index is 1.49. The van der Waals surface area contributed by atoms with Gasteiger partial charge < -0.3 is 4.90 Å². The minimum Gasteiger partial charge on any atom is -0.338 e. The van der Waals surface area contributed by atoms with E-state index in [4.69, 9.17) is 0 Å². The van der Waals surface area contributed by atoms with Gasteiger partial charge in [0.05, 0.1) is 12.1 Å². The van der Waals surface area contributed by atoms with Crippen LogP contribution in [0.15, 0.2) is 0 Å². The summed E-state index contributed by atoms with van der Waals surface area (Å²) in [5.41, 5.74) is 3.63. The first-order valence-electron chi connectivity index (χ1n) is 7.91. The monoisotopic (exact) mass is 273 g/mol. The van der Waals surface area contributed by atoms with Gasteiger partial charge in [-0.05, 0) is 45.4 Å². The number of aromatic amines is 1. The molecule has 3 aliphatic rings. The van der Waals surface area contributed by atoms with Crippen LogP contribution in [0.3, 0.4) is 0 Å². The topological polar surface area (TPSA) is 49.0 Å². The zero-order chi connectivity index (χ0) is 13.9. The zero-order valence-corrected chi connectivity index (χ0v) is 12.4. The molecule has 20 heavy (non-hydrogen) atoms. The van der Waals surface area contributed by atoms with Crippen LogP contribution in [0.4, 0.5) is 0 Å². The SMILES string of the molecule is Cc1n[nH]c(C)c1CC(=O)N1CC2(CCC2)C1C1CC1.